The molecule has 0 unspecified atom stereocenters. The van der Waals surface area contributed by atoms with E-state index in [9.17, 15) is 0 Å². The molecule has 1 saturated carbocycles. The van der Waals surface area contributed by atoms with Crippen molar-refractivity contribution < 1.29 is 0 Å². The van der Waals surface area contributed by atoms with Crippen LogP contribution < -0.4 is 0 Å². The number of rotatable bonds is 2. The van der Waals surface area contributed by atoms with E-state index in [4.69, 9.17) is 0 Å². The molecule has 3 aromatic heterocycles. The number of hydrogen-bond acceptors (Lipinski definition) is 3. The third kappa shape index (κ3) is 2.16. The van der Waals surface area contributed by atoms with Crippen LogP contribution in [-0.2, 0) is 7.05 Å². The number of thiol groups is 1. The summed E-state index contributed by atoms with van der Waals surface area (Å²) in [6.45, 7) is 0. The van der Waals surface area contributed by atoms with Crippen molar-refractivity contribution in [1.82, 2.24) is 18.7 Å². The van der Waals surface area contributed by atoms with Gasteiger partial charge in [0.15, 0.2) is 0 Å². The summed E-state index contributed by atoms with van der Waals surface area (Å²) in [5.41, 5.74) is 4.55. The smallest absolute Gasteiger partial charge is 0.150 e. The minimum atomic E-state index is 0.673. The van der Waals surface area contributed by atoms with Crippen LogP contribution in [0, 0.1) is 0 Å². The molecule has 0 atom stereocenters. The molecule has 0 amide bonds. The van der Waals surface area contributed by atoms with E-state index in [0.717, 1.165) is 16.8 Å². The van der Waals surface area contributed by atoms with Gasteiger partial charge in [0.25, 0.3) is 0 Å². The summed E-state index contributed by atoms with van der Waals surface area (Å²) in [5, 5.41) is 5.44. The predicted octanol–water partition coefficient (Wildman–Crippen LogP) is 3.79. The van der Waals surface area contributed by atoms with Crippen LogP contribution in [0.5, 0.6) is 0 Å². The van der Waals surface area contributed by atoms with Crippen LogP contribution >= 0.6 is 12.8 Å². The van der Waals surface area contributed by atoms with Gasteiger partial charge in [-0.15, -0.1) is 0 Å². The first kappa shape index (κ1) is 13.0. The predicted molar refractivity (Wildman–Crippen MR) is 87.5 cm³/mol. The Morgan fingerprint density at radius 3 is 2.71 bits per heavy atom. The SMILES string of the molecule is Cn1cc(-c2cn(S)c3ncc(C4CCCC4)cc23)cn1. The molecule has 1 aliphatic carbocycles. The first-order chi connectivity index (χ1) is 10.2. The summed E-state index contributed by atoms with van der Waals surface area (Å²) in [6, 6.07) is 2.30. The molecular formula is C16H18N4S. The molecule has 0 bridgehead atoms. The van der Waals surface area contributed by atoms with Crippen molar-refractivity contribution in [2.45, 2.75) is 31.6 Å². The van der Waals surface area contributed by atoms with Crippen LogP contribution in [0.25, 0.3) is 22.2 Å². The molecule has 0 aromatic carbocycles. The number of pyridine rings is 1. The number of hydrogen-bond donors (Lipinski definition) is 1. The Bertz CT molecular complexity index is 796. The van der Waals surface area contributed by atoms with E-state index in [-0.39, 0.29) is 0 Å². The van der Waals surface area contributed by atoms with Crippen LogP contribution in [0.4, 0.5) is 0 Å². The normalized spacial score (nSPS) is 16.1. The van der Waals surface area contributed by atoms with E-state index in [2.05, 4.69) is 29.0 Å². The Morgan fingerprint density at radius 1 is 1.19 bits per heavy atom. The first-order valence-electron chi connectivity index (χ1n) is 7.41. The van der Waals surface area contributed by atoms with Crippen molar-refractivity contribution in [1.29, 1.82) is 0 Å². The lowest BCUT2D eigenvalue weighted by molar-refractivity contribution is 0.721. The van der Waals surface area contributed by atoms with Crippen LogP contribution in [0.15, 0.2) is 30.9 Å². The molecule has 1 aliphatic rings. The Labute approximate surface area is 129 Å². The summed E-state index contributed by atoms with van der Waals surface area (Å²) in [7, 11) is 1.94. The van der Waals surface area contributed by atoms with Gasteiger partial charge in [0.05, 0.1) is 6.20 Å². The summed E-state index contributed by atoms with van der Waals surface area (Å²) in [5.74, 6) is 0.673. The highest BCUT2D eigenvalue weighted by atomic mass is 32.1. The molecule has 4 rings (SSSR count). The lowest BCUT2D eigenvalue weighted by Crippen LogP contribution is -1.94. The average molecular weight is 298 g/mol. The maximum absolute atomic E-state index is 4.64. The van der Waals surface area contributed by atoms with Crippen LogP contribution in [-0.4, -0.2) is 18.7 Å². The van der Waals surface area contributed by atoms with E-state index in [1.54, 1.807) is 3.97 Å². The second-order valence-electron chi connectivity index (χ2n) is 5.91. The Kier molecular flexibility index (Phi) is 3.03. The Balaban J connectivity index is 1.88. The lowest BCUT2D eigenvalue weighted by atomic mass is 9.97. The van der Waals surface area contributed by atoms with Gasteiger partial charge in [-0.2, -0.15) is 5.10 Å². The highest BCUT2D eigenvalue weighted by Gasteiger charge is 2.19. The third-order valence-electron chi connectivity index (χ3n) is 4.49. The molecule has 0 spiro atoms. The van der Waals surface area contributed by atoms with E-state index in [1.165, 1.54) is 36.6 Å². The Morgan fingerprint density at radius 2 is 2.00 bits per heavy atom. The molecule has 3 heterocycles. The van der Waals surface area contributed by atoms with Crippen LogP contribution in [0.3, 0.4) is 0 Å². The molecular weight excluding hydrogens is 280 g/mol. The van der Waals surface area contributed by atoms with Crippen molar-refractivity contribution >= 4 is 23.8 Å². The van der Waals surface area contributed by atoms with Gasteiger partial charge >= 0.3 is 0 Å². The zero-order valence-corrected chi connectivity index (χ0v) is 12.9. The summed E-state index contributed by atoms with van der Waals surface area (Å²) in [4.78, 5) is 4.64. The number of nitrogens with zero attached hydrogens (tertiary/aromatic N) is 4. The topological polar surface area (TPSA) is 35.6 Å². The second kappa shape index (κ2) is 4.91. The number of aromatic nitrogens is 4. The number of fused-ring (bicyclic) bond motifs is 1. The highest BCUT2D eigenvalue weighted by Crippen LogP contribution is 2.37. The second-order valence-corrected chi connectivity index (χ2v) is 6.34. The van der Waals surface area contributed by atoms with Gasteiger partial charge in [0, 0.05) is 42.2 Å². The first-order valence-corrected chi connectivity index (χ1v) is 7.81. The van der Waals surface area contributed by atoms with Crippen molar-refractivity contribution in [2.75, 3.05) is 0 Å². The van der Waals surface area contributed by atoms with Gasteiger partial charge in [-0.05, 0) is 30.4 Å². The fourth-order valence-electron chi connectivity index (χ4n) is 3.38. The zero-order chi connectivity index (χ0) is 14.4. The molecule has 1 fully saturated rings. The fourth-order valence-corrected chi connectivity index (χ4v) is 3.66. The van der Waals surface area contributed by atoms with Crippen molar-refractivity contribution in [2.24, 2.45) is 7.05 Å². The monoisotopic (exact) mass is 298 g/mol. The lowest BCUT2D eigenvalue weighted by Gasteiger charge is -2.09. The zero-order valence-electron chi connectivity index (χ0n) is 12.0. The average Bonchev–Trinajstić information content (AvgIpc) is 3.19. The minimum absolute atomic E-state index is 0.673. The minimum Gasteiger partial charge on any atom is -0.277 e. The standard InChI is InChI=1S/C16H18N4S/c1-19-9-13(8-18-19)15-10-20(21)16-14(15)6-12(7-17-16)11-4-2-3-5-11/h6-11,21H,2-5H2,1H3. The van der Waals surface area contributed by atoms with Crippen LogP contribution in [0.2, 0.25) is 0 Å². The van der Waals surface area contributed by atoms with Gasteiger partial charge < -0.3 is 0 Å². The number of aryl methyl sites for hydroxylation is 1. The maximum Gasteiger partial charge on any atom is 0.150 e. The van der Waals surface area contributed by atoms with Crippen molar-refractivity contribution in [3.63, 3.8) is 0 Å². The van der Waals surface area contributed by atoms with Gasteiger partial charge in [0.1, 0.15) is 5.65 Å². The molecule has 108 valence electrons. The Hall–Kier alpha value is -1.75. The van der Waals surface area contributed by atoms with E-state index >= 15 is 0 Å². The van der Waals surface area contributed by atoms with Gasteiger partial charge in [-0.1, -0.05) is 25.7 Å². The molecule has 0 saturated heterocycles. The molecule has 0 aliphatic heterocycles. The highest BCUT2D eigenvalue weighted by molar-refractivity contribution is 7.78. The molecule has 0 radical (unpaired) electrons. The van der Waals surface area contributed by atoms with Crippen LogP contribution in [0.1, 0.15) is 37.2 Å². The van der Waals surface area contributed by atoms with E-state index in [0.29, 0.717) is 5.92 Å². The largest absolute Gasteiger partial charge is 0.277 e. The molecule has 5 heteroatoms. The van der Waals surface area contributed by atoms with Crippen molar-refractivity contribution in [3.8, 4) is 11.1 Å². The van der Waals surface area contributed by atoms with Gasteiger partial charge in [-0.25, -0.2) is 4.98 Å². The summed E-state index contributed by atoms with van der Waals surface area (Å²) < 4.78 is 3.63. The van der Waals surface area contributed by atoms with Crippen molar-refractivity contribution in [3.05, 3.63) is 36.4 Å². The molecule has 3 aromatic rings. The van der Waals surface area contributed by atoms with E-state index < -0.39 is 0 Å². The van der Waals surface area contributed by atoms with Gasteiger partial charge in [-0.3, -0.25) is 8.65 Å². The maximum atomic E-state index is 4.64. The fraction of sp³-hybridized carbons (Fsp3) is 0.375. The van der Waals surface area contributed by atoms with Gasteiger partial charge in [0.2, 0.25) is 0 Å². The molecule has 0 N–H and O–H groups in total. The summed E-state index contributed by atoms with van der Waals surface area (Å²) >= 11 is 4.50. The molecule has 4 nitrogen and oxygen atoms in total. The quantitative estimate of drug-likeness (QED) is 0.731. The third-order valence-corrected chi connectivity index (χ3v) is 4.79. The van der Waals surface area contributed by atoms with E-state index in [1.807, 2.05) is 36.5 Å². The summed E-state index contributed by atoms with van der Waals surface area (Å²) in [6.07, 6.45) is 13.2. The molecule has 21 heavy (non-hydrogen) atoms.